The van der Waals surface area contributed by atoms with E-state index in [0.29, 0.717) is 22.3 Å². The van der Waals surface area contributed by atoms with Gasteiger partial charge in [0.15, 0.2) is 0 Å². The van der Waals surface area contributed by atoms with Gasteiger partial charge in [-0.15, -0.1) is 0 Å². The molecule has 1 aromatic heterocycles. The van der Waals surface area contributed by atoms with Gasteiger partial charge in [-0.05, 0) is 29.3 Å². The fourth-order valence-corrected chi connectivity index (χ4v) is 3.44. The van der Waals surface area contributed by atoms with Crippen LogP contribution in [0.25, 0.3) is 10.9 Å². The number of halogens is 2. The van der Waals surface area contributed by atoms with Crippen molar-refractivity contribution < 1.29 is 19.4 Å². The summed E-state index contributed by atoms with van der Waals surface area (Å²) in [6, 6.07) is 7.82. The number of carboxylic acid groups (broad SMARTS) is 1. The number of pyridine rings is 1. The Balaban J connectivity index is 2.31. The molecular formula is C22H21ClFN3O4. The lowest BCUT2D eigenvalue weighted by Gasteiger charge is -2.15. The van der Waals surface area contributed by atoms with Gasteiger partial charge in [0, 0.05) is 38.6 Å². The zero-order valence-electron chi connectivity index (χ0n) is 17.0. The number of aromatic carboxylic acids is 1. The Labute approximate surface area is 182 Å². The van der Waals surface area contributed by atoms with E-state index in [2.05, 4.69) is 4.99 Å². The van der Waals surface area contributed by atoms with Crippen LogP contribution in [0.5, 0.6) is 0 Å². The molecule has 7 nitrogen and oxygen atoms in total. The topological polar surface area (TPSA) is 95.1 Å². The summed E-state index contributed by atoms with van der Waals surface area (Å²) in [4.78, 5) is 30.6. The van der Waals surface area contributed by atoms with Gasteiger partial charge in [-0.25, -0.2) is 14.2 Å². The van der Waals surface area contributed by atoms with E-state index < -0.39 is 22.8 Å². The van der Waals surface area contributed by atoms with Gasteiger partial charge in [-0.3, -0.25) is 4.79 Å². The predicted molar refractivity (Wildman–Crippen MR) is 118 cm³/mol. The van der Waals surface area contributed by atoms with E-state index in [4.69, 9.17) is 11.6 Å². The summed E-state index contributed by atoms with van der Waals surface area (Å²) in [5.74, 6) is -1.93. The quantitative estimate of drug-likeness (QED) is 0.430. The van der Waals surface area contributed by atoms with Gasteiger partial charge in [0.05, 0.1) is 29.2 Å². The minimum atomic E-state index is -1.37. The first kappa shape index (κ1) is 22.5. The molecule has 0 saturated carbocycles. The van der Waals surface area contributed by atoms with Crippen LogP contribution in [-0.2, 0) is 13.0 Å². The number of aliphatic hydroxyl groups is 1. The number of aliphatic imine (C=N–C) groups is 1. The predicted octanol–water partition coefficient (Wildman–Crippen LogP) is 3.30. The highest BCUT2D eigenvalue weighted by Gasteiger charge is 2.18. The normalized spacial score (nSPS) is 11.4. The number of benzene rings is 2. The summed E-state index contributed by atoms with van der Waals surface area (Å²) in [7, 11) is 3.59. The first-order valence-electron chi connectivity index (χ1n) is 9.40. The number of fused-ring (bicyclic) bond motifs is 1. The van der Waals surface area contributed by atoms with Gasteiger partial charge < -0.3 is 19.7 Å². The molecule has 162 valence electrons. The summed E-state index contributed by atoms with van der Waals surface area (Å²) in [6.07, 6.45) is 2.87. The van der Waals surface area contributed by atoms with Gasteiger partial charge >= 0.3 is 5.97 Å². The Morgan fingerprint density at radius 3 is 2.68 bits per heavy atom. The summed E-state index contributed by atoms with van der Waals surface area (Å²) in [6.45, 7) is -0.154. The summed E-state index contributed by atoms with van der Waals surface area (Å²) < 4.78 is 16.0. The number of hydrogen-bond donors (Lipinski definition) is 2. The number of hydrogen-bond acceptors (Lipinski definition) is 4. The van der Waals surface area contributed by atoms with Gasteiger partial charge in [0.1, 0.15) is 11.4 Å². The van der Waals surface area contributed by atoms with E-state index in [1.54, 1.807) is 43.5 Å². The molecule has 0 amide bonds. The minimum absolute atomic E-state index is 0.0184. The monoisotopic (exact) mass is 445 g/mol. The smallest absolute Gasteiger partial charge is 0.341 e. The van der Waals surface area contributed by atoms with Crippen LogP contribution in [0.1, 0.15) is 21.5 Å². The Kier molecular flexibility index (Phi) is 6.72. The van der Waals surface area contributed by atoms with Crippen molar-refractivity contribution in [2.75, 3.05) is 20.7 Å². The van der Waals surface area contributed by atoms with Gasteiger partial charge in [0.2, 0.25) is 5.43 Å². The van der Waals surface area contributed by atoms with E-state index in [0.717, 1.165) is 0 Å². The molecule has 0 spiro atoms. The Bertz CT molecular complexity index is 1240. The number of aliphatic hydroxyl groups excluding tert-OH is 1. The van der Waals surface area contributed by atoms with Crippen molar-refractivity contribution in [1.29, 1.82) is 0 Å². The molecule has 9 heteroatoms. The number of rotatable bonds is 7. The molecule has 3 rings (SSSR count). The van der Waals surface area contributed by atoms with Crippen molar-refractivity contribution >= 4 is 40.5 Å². The second-order valence-electron chi connectivity index (χ2n) is 7.19. The molecule has 0 aliphatic heterocycles. The van der Waals surface area contributed by atoms with E-state index in [1.165, 1.54) is 22.9 Å². The molecule has 0 fully saturated rings. The molecule has 1 heterocycles. The maximum absolute atomic E-state index is 14.5. The summed E-state index contributed by atoms with van der Waals surface area (Å²) in [5, 5.41) is 18.9. The van der Waals surface area contributed by atoms with E-state index in [-0.39, 0.29) is 30.0 Å². The van der Waals surface area contributed by atoms with Crippen molar-refractivity contribution in [2.45, 2.75) is 13.0 Å². The molecule has 3 aromatic rings. The number of nitrogens with zero attached hydrogens (tertiary/aromatic N) is 3. The molecule has 2 N–H and O–H groups in total. The zero-order valence-corrected chi connectivity index (χ0v) is 17.7. The van der Waals surface area contributed by atoms with Gasteiger partial charge in [0.25, 0.3) is 0 Å². The molecular weight excluding hydrogens is 425 g/mol. The maximum Gasteiger partial charge on any atom is 0.341 e. The highest BCUT2D eigenvalue weighted by Crippen LogP contribution is 2.29. The van der Waals surface area contributed by atoms with E-state index in [1.807, 2.05) is 0 Å². The largest absolute Gasteiger partial charge is 0.477 e. The van der Waals surface area contributed by atoms with Crippen LogP contribution in [0.3, 0.4) is 0 Å². The third kappa shape index (κ3) is 4.76. The lowest BCUT2D eigenvalue weighted by molar-refractivity contribution is 0.0694. The maximum atomic E-state index is 14.5. The fourth-order valence-electron chi connectivity index (χ4n) is 3.25. The number of aromatic nitrogens is 1. The molecule has 31 heavy (non-hydrogen) atoms. The van der Waals surface area contributed by atoms with Crippen molar-refractivity contribution in [1.82, 2.24) is 9.47 Å². The lowest BCUT2D eigenvalue weighted by Crippen LogP contribution is -2.20. The third-order valence-electron chi connectivity index (χ3n) is 4.69. The van der Waals surface area contributed by atoms with Gasteiger partial charge in [-0.1, -0.05) is 23.7 Å². The van der Waals surface area contributed by atoms with Crippen LogP contribution in [0.4, 0.5) is 10.1 Å². The number of carboxylic acids is 1. The van der Waals surface area contributed by atoms with Crippen LogP contribution in [0, 0.1) is 5.82 Å². The van der Waals surface area contributed by atoms with Crippen LogP contribution in [-0.4, -0.2) is 52.7 Å². The SMILES string of the molecule is CN(C)C=Nc1cc2c(cc1Cc1cccc(Cl)c1F)c(=O)c(C(=O)O)cn2CCO. The average molecular weight is 446 g/mol. The molecule has 0 bridgehead atoms. The van der Waals surface area contributed by atoms with E-state index in [9.17, 15) is 24.2 Å². The Morgan fingerprint density at radius 2 is 2.03 bits per heavy atom. The Morgan fingerprint density at radius 1 is 1.29 bits per heavy atom. The molecule has 0 unspecified atom stereocenters. The minimum Gasteiger partial charge on any atom is -0.477 e. The van der Waals surface area contributed by atoms with Crippen molar-refractivity contribution in [2.24, 2.45) is 4.99 Å². The van der Waals surface area contributed by atoms with Crippen LogP contribution >= 0.6 is 11.6 Å². The van der Waals surface area contributed by atoms with Crippen LogP contribution in [0.15, 0.2) is 46.3 Å². The Hall–Kier alpha value is -3.23. The molecule has 0 radical (unpaired) electrons. The fraction of sp³-hybridized carbons (Fsp3) is 0.227. The zero-order chi connectivity index (χ0) is 22.7. The summed E-state index contributed by atoms with van der Waals surface area (Å²) in [5.41, 5.74) is 0.679. The first-order valence-corrected chi connectivity index (χ1v) is 9.78. The van der Waals surface area contributed by atoms with Crippen molar-refractivity contribution in [3.63, 3.8) is 0 Å². The highest BCUT2D eigenvalue weighted by atomic mass is 35.5. The van der Waals surface area contributed by atoms with Crippen LogP contribution in [0.2, 0.25) is 5.02 Å². The molecule has 0 aliphatic carbocycles. The molecule has 0 atom stereocenters. The second-order valence-corrected chi connectivity index (χ2v) is 7.60. The average Bonchev–Trinajstić information content (AvgIpc) is 2.72. The van der Waals surface area contributed by atoms with Crippen LogP contribution < -0.4 is 5.43 Å². The van der Waals surface area contributed by atoms with Gasteiger partial charge in [-0.2, -0.15) is 0 Å². The lowest BCUT2D eigenvalue weighted by atomic mass is 9.99. The first-order chi connectivity index (χ1) is 14.7. The third-order valence-corrected chi connectivity index (χ3v) is 4.98. The molecule has 0 aliphatic rings. The molecule has 0 saturated heterocycles. The molecule has 2 aromatic carbocycles. The van der Waals surface area contributed by atoms with Crippen molar-refractivity contribution in [3.05, 3.63) is 74.3 Å². The number of carbonyl (C=O) groups is 1. The van der Waals surface area contributed by atoms with E-state index >= 15 is 0 Å². The second kappa shape index (κ2) is 9.28. The summed E-state index contributed by atoms with van der Waals surface area (Å²) >= 11 is 5.90. The van der Waals surface area contributed by atoms with Crippen molar-refractivity contribution in [3.8, 4) is 0 Å². The standard InChI is InChI=1S/C22H21ClFN3O4/c1-26(2)12-25-18-10-19-15(21(29)16(22(30)31)11-27(19)6-7-28)9-14(18)8-13-4-3-5-17(23)20(13)24/h3-5,9-12,28H,6-8H2,1-2H3,(H,30,31). The highest BCUT2D eigenvalue weighted by molar-refractivity contribution is 6.30.